The van der Waals surface area contributed by atoms with Gasteiger partial charge in [0.05, 0.1) is 5.02 Å². The van der Waals surface area contributed by atoms with Gasteiger partial charge < -0.3 is 10.1 Å². The van der Waals surface area contributed by atoms with E-state index in [4.69, 9.17) is 27.9 Å². The highest BCUT2D eigenvalue weighted by molar-refractivity contribution is 6.36. The minimum Gasteiger partial charge on any atom is -0.437 e. The summed E-state index contributed by atoms with van der Waals surface area (Å²) in [7, 11) is 1.74. The predicted molar refractivity (Wildman–Crippen MR) is 79.7 cm³/mol. The maximum absolute atomic E-state index is 6.10. The zero-order chi connectivity index (χ0) is 13.8. The van der Waals surface area contributed by atoms with E-state index in [0.29, 0.717) is 21.7 Å². The van der Waals surface area contributed by atoms with Gasteiger partial charge in [0.1, 0.15) is 16.6 Å². The molecule has 0 aliphatic carbocycles. The van der Waals surface area contributed by atoms with Crippen LogP contribution >= 0.6 is 23.2 Å². The summed E-state index contributed by atoms with van der Waals surface area (Å²) in [6.45, 7) is 2.07. The number of benzene rings is 1. The second-order valence-electron chi connectivity index (χ2n) is 3.92. The van der Waals surface area contributed by atoms with E-state index in [1.54, 1.807) is 13.1 Å². The predicted octanol–water partition coefficient (Wildman–Crippen LogP) is 4.78. The number of nitrogens with zero attached hydrogens (tertiary/aromatic N) is 1. The van der Waals surface area contributed by atoms with Crippen LogP contribution in [0.5, 0.6) is 11.6 Å². The Kier molecular flexibility index (Phi) is 4.51. The number of nitrogens with one attached hydrogen (secondary N) is 1. The maximum Gasteiger partial charge on any atom is 0.240 e. The highest BCUT2D eigenvalue weighted by atomic mass is 35.5. The van der Waals surface area contributed by atoms with Crippen molar-refractivity contribution in [3.8, 4) is 11.6 Å². The van der Waals surface area contributed by atoms with Gasteiger partial charge in [-0.1, -0.05) is 48.3 Å². The van der Waals surface area contributed by atoms with Crippen molar-refractivity contribution < 1.29 is 4.74 Å². The van der Waals surface area contributed by atoms with Gasteiger partial charge in [0.2, 0.25) is 5.88 Å². The average Bonchev–Trinajstić information content (AvgIpc) is 2.42. The summed E-state index contributed by atoms with van der Waals surface area (Å²) in [6, 6.07) is 9.41. The summed E-state index contributed by atoms with van der Waals surface area (Å²) in [5.74, 6) is 1.63. The molecule has 0 unspecified atom stereocenters. The standard InChI is InChI=1S/C14H14Cl2N2O/c1-3-9-6-4-5-7-12(9)19-14-11(16)8-10(15)13(17-2)18-14/h4-8H,3H2,1-2H3,(H,17,18). The number of hydrogen-bond donors (Lipinski definition) is 1. The Morgan fingerprint density at radius 2 is 1.95 bits per heavy atom. The molecule has 1 heterocycles. The molecule has 0 amide bonds. The number of ether oxygens (including phenoxy) is 1. The van der Waals surface area contributed by atoms with E-state index in [1.165, 1.54) is 0 Å². The van der Waals surface area contributed by atoms with Crippen molar-refractivity contribution >= 4 is 29.0 Å². The molecule has 0 atom stereocenters. The molecule has 2 rings (SSSR count). The van der Waals surface area contributed by atoms with Gasteiger partial charge in [0.15, 0.2) is 0 Å². The number of para-hydroxylation sites is 1. The van der Waals surface area contributed by atoms with E-state index < -0.39 is 0 Å². The largest absolute Gasteiger partial charge is 0.437 e. The summed E-state index contributed by atoms with van der Waals surface area (Å²) in [5, 5.41) is 3.74. The lowest BCUT2D eigenvalue weighted by Crippen LogP contribution is -1.98. The lowest BCUT2D eigenvalue weighted by Gasteiger charge is -2.12. The molecular weight excluding hydrogens is 283 g/mol. The summed E-state index contributed by atoms with van der Waals surface area (Å²) in [6.07, 6.45) is 0.875. The fourth-order valence-electron chi connectivity index (χ4n) is 1.70. The van der Waals surface area contributed by atoms with Crippen molar-refractivity contribution in [2.75, 3.05) is 12.4 Å². The normalized spacial score (nSPS) is 10.3. The second kappa shape index (κ2) is 6.13. The van der Waals surface area contributed by atoms with Gasteiger partial charge in [-0.05, 0) is 24.1 Å². The van der Waals surface area contributed by atoms with Crippen LogP contribution in [0.4, 0.5) is 5.82 Å². The average molecular weight is 297 g/mol. The van der Waals surface area contributed by atoms with Gasteiger partial charge in [0, 0.05) is 7.05 Å². The van der Waals surface area contributed by atoms with Crippen molar-refractivity contribution in [3.05, 3.63) is 45.9 Å². The minimum atomic E-state index is 0.344. The Hall–Kier alpha value is -1.45. The fourth-order valence-corrected chi connectivity index (χ4v) is 2.19. The Labute approximate surface area is 122 Å². The third kappa shape index (κ3) is 3.11. The Bertz CT molecular complexity index is 588. The van der Waals surface area contributed by atoms with E-state index in [2.05, 4.69) is 17.2 Å². The second-order valence-corrected chi connectivity index (χ2v) is 4.73. The lowest BCUT2D eigenvalue weighted by molar-refractivity contribution is 0.458. The quantitative estimate of drug-likeness (QED) is 0.881. The van der Waals surface area contributed by atoms with Crippen LogP contribution in [-0.4, -0.2) is 12.0 Å². The molecule has 0 radical (unpaired) electrons. The molecule has 3 nitrogen and oxygen atoms in total. The molecule has 2 aromatic rings. The molecule has 0 aliphatic heterocycles. The third-order valence-electron chi connectivity index (χ3n) is 2.69. The number of aryl methyl sites for hydroxylation is 1. The maximum atomic E-state index is 6.10. The van der Waals surface area contributed by atoms with Crippen molar-refractivity contribution in [2.45, 2.75) is 13.3 Å². The van der Waals surface area contributed by atoms with Gasteiger partial charge in [-0.25, -0.2) is 0 Å². The molecule has 19 heavy (non-hydrogen) atoms. The molecule has 0 bridgehead atoms. The zero-order valence-corrected chi connectivity index (χ0v) is 12.2. The SMILES string of the molecule is CCc1ccccc1Oc1nc(NC)c(Cl)cc1Cl. The van der Waals surface area contributed by atoms with E-state index in [-0.39, 0.29) is 0 Å². The first-order valence-electron chi connectivity index (χ1n) is 5.95. The van der Waals surface area contributed by atoms with Crippen molar-refractivity contribution in [1.29, 1.82) is 0 Å². The molecule has 1 aromatic carbocycles. The number of halogens is 2. The third-order valence-corrected chi connectivity index (χ3v) is 3.25. The van der Waals surface area contributed by atoms with Crippen LogP contribution in [-0.2, 0) is 6.42 Å². The molecule has 5 heteroatoms. The van der Waals surface area contributed by atoms with Crippen LogP contribution in [0.3, 0.4) is 0 Å². The van der Waals surface area contributed by atoms with Crippen LogP contribution in [0.2, 0.25) is 10.0 Å². The van der Waals surface area contributed by atoms with E-state index in [9.17, 15) is 0 Å². The topological polar surface area (TPSA) is 34.1 Å². The Balaban J connectivity index is 2.38. The van der Waals surface area contributed by atoms with E-state index in [0.717, 1.165) is 17.7 Å². The molecule has 0 aliphatic rings. The smallest absolute Gasteiger partial charge is 0.240 e. The van der Waals surface area contributed by atoms with Gasteiger partial charge in [0.25, 0.3) is 0 Å². The molecule has 0 fully saturated rings. The van der Waals surface area contributed by atoms with Gasteiger partial charge in [-0.15, -0.1) is 0 Å². The van der Waals surface area contributed by atoms with E-state index >= 15 is 0 Å². The summed E-state index contributed by atoms with van der Waals surface area (Å²) < 4.78 is 5.79. The highest BCUT2D eigenvalue weighted by Gasteiger charge is 2.11. The molecule has 1 N–H and O–H groups in total. The lowest BCUT2D eigenvalue weighted by atomic mass is 10.1. The highest BCUT2D eigenvalue weighted by Crippen LogP contribution is 2.34. The number of anilines is 1. The number of hydrogen-bond acceptors (Lipinski definition) is 3. The van der Waals surface area contributed by atoms with Crippen LogP contribution in [0.25, 0.3) is 0 Å². The van der Waals surface area contributed by atoms with Gasteiger partial charge >= 0.3 is 0 Å². The Morgan fingerprint density at radius 3 is 2.63 bits per heavy atom. The van der Waals surface area contributed by atoms with Gasteiger partial charge in [-0.2, -0.15) is 4.98 Å². The van der Waals surface area contributed by atoms with E-state index in [1.807, 2.05) is 24.3 Å². The number of rotatable bonds is 4. The first-order chi connectivity index (χ1) is 9.15. The molecule has 0 saturated heterocycles. The molecule has 100 valence electrons. The summed E-state index contributed by atoms with van der Waals surface area (Å²) in [5.41, 5.74) is 1.10. The zero-order valence-electron chi connectivity index (χ0n) is 10.7. The molecule has 1 aromatic heterocycles. The Morgan fingerprint density at radius 1 is 1.21 bits per heavy atom. The number of aromatic nitrogens is 1. The molecule has 0 spiro atoms. The van der Waals surface area contributed by atoms with Gasteiger partial charge in [-0.3, -0.25) is 0 Å². The monoisotopic (exact) mass is 296 g/mol. The molecular formula is C14H14Cl2N2O. The van der Waals surface area contributed by atoms with Crippen molar-refractivity contribution in [1.82, 2.24) is 4.98 Å². The summed E-state index contributed by atoms with van der Waals surface area (Å²) in [4.78, 5) is 4.26. The van der Waals surface area contributed by atoms with Crippen LogP contribution in [0, 0.1) is 0 Å². The molecule has 0 saturated carbocycles. The van der Waals surface area contributed by atoms with Crippen LogP contribution < -0.4 is 10.1 Å². The summed E-state index contributed by atoms with van der Waals surface area (Å²) >= 11 is 12.1. The first-order valence-corrected chi connectivity index (χ1v) is 6.70. The van der Waals surface area contributed by atoms with Crippen LogP contribution in [0.1, 0.15) is 12.5 Å². The van der Waals surface area contributed by atoms with Crippen LogP contribution in [0.15, 0.2) is 30.3 Å². The fraction of sp³-hybridized carbons (Fsp3) is 0.214. The number of pyridine rings is 1. The van der Waals surface area contributed by atoms with Crippen molar-refractivity contribution in [3.63, 3.8) is 0 Å². The first kappa shape index (κ1) is 14.0. The van der Waals surface area contributed by atoms with Crippen molar-refractivity contribution in [2.24, 2.45) is 0 Å². The minimum absolute atomic E-state index is 0.344.